The number of rotatable bonds is 7. The van der Waals surface area contributed by atoms with E-state index in [0.717, 1.165) is 42.8 Å². The summed E-state index contributed by atoms with van der Waals surface area (Å²) >= 11 is 0. The van der Waals surface area contributed by atoms with E-state index in [1.807, 2.05) is 43.3 Å². The first-order valence-corrected chi connectivity index (χ1v) is 11.6. The SMILES string of the molecule is COc1cccc([C@]2(O)CC[C@H](N3CC(NC(=O)CNC(=O)c4cccc(C)c4)C3)CC2)c1. The lowest BCUT2D eigenvalue weighted by Gasteiger charge is -2.48. The van der Waals surface area contributed by atoms with E-state index in [2.05, 4.69) is 15.5 Å². The molecule has 0 aromatic heterocycles. The fourth-order valence-corrected chi connectivity index (χ4v) is 4.88. The lowest BCUT2D eigenvalue weighted by molar-refractivity contribution is -0.122. The lowest BCUT2D eigenvalue weighted by Crippen LogP contribution is -2.63. The van der Waals surface area contributed by atoms with Gasteiger partial charge in [0.15, 0.2) is 0 Å². The summed E-state index contributed by atoms with van der Waals surface area (Å²) in [6.07, 6.45) is 3.26. The first-order chi connectivity index (χ1) is 15.9. The molecule has 1 heterocycles. The van der Waals surface area contributed by atoms with Crippen molar-refractivity contribution in [3.63, 3.8) is 0 Å². The van der Waals surface area contributed by atoms with Gasteiger partial charge in [-0.1, -0.05) is 29.8 Å². The van der Waals surface area contributed by atoms with Gasteiger partial charge in [0.2, 0.25) is 5.91 Å². The van der Waals surface area contributed by atoms with E-state index in [1.165, 1.54) is 0 Å². The number of methoxy groups -OCH3 is 1. The number of aliphatic hydroxyl groups is 1. The number of hydrogen-bond donors (Lipinski definition) is 3. The van der Waals surface area contributed by atoms with Gasteiger partial charge in [0.05, 0.1) is 25.3 Å². The van der Waals surface area contributed by atoms with Gasteiger partial charge in [-0.3, -0.25) is 14.5 Å². The van der Waals surface area contributed by atoms with Crippen LogP contribution in [0.5, 0.6) is 5.75 Å². The average Bonchev–Trinajstić information content (AvgIpc) is 2.80. The molecule has 0 unspecified atom stereocenters. The molecule has 2 fully saturated rings. The molecule has 3 N–H and O–H groups in total. The zero-order chi connectivity index (χ0) is 23.4. The number of amides is 2. The van der Waals surface area contributed by atoms with Crippen molar-refractivity contribution in [2.24, 2.45) is 0 Å². The van der Waals surface area contributed by atoms with E-state index in [1.54, 1.807) is 19.2 Å². The Bertz CT molecular complexity index is 995. The minimum Gasteiger partial charge on any atom is -0.497 e. The summed E-state index contributed by atoms with van der Waals surface area (Å²) < 4.78 is 5.30. The third-order valence-corrected chi connectivity index (χ3v) is 6.87. The van der Waals surface area contributed by atoms with Crippen LogP contribution in [0.15, 0.2) is 48.5 Å². The number of carbonyl (C=O) groups excluding carboxylic acids is 2. The second-order valence-electron chi connectivity index (χ2n) is 9.27. The van der Waals surface area contributed by atoms with Crippen molar-refractivity contribution in [3.05, 3.63) is 65.2 Å². The number of nitrogens with zero attached hydrogens (tertiary/aromatic N) is 1. The van der Waals surface area contributed by atoms with Crippen LogP contribution in [0, 0.1) is 6.92 Å². The first-order valence-electron chi connectivity index (χ1n) is 11.6. The van der Waals surface area contributed by atoms with Gasteiger partial charge in [0.25, 0.3) is 5.91 Å². The van der Waals surface area contributed by atoms with Crippen LogP contribution >= 0.6 is 0 Å². The number of nitrogens with one attached hydrogen (secondary N) is 2. The minimum atomic E-state index is -0.807. The fraction of sp³-hybridized carbons (Fsp3) is 0.462. The van der Waals surface area contributed by atoms with E-state index in [9.17, 15) is 14.7 Å². The van der Waals surface area contributed by atoms with Crippen LogP contribution < -0.4 is 15.4 Å². The number of benzene rings is 2. The van der Waals surface area contributed by atoms with Crippen molar-refractivity contribution < 1.29 is 19.4 Å². The Morgan fingerprint density at radius 1 is 1.12 bits per heavy atom. The molecule has 0 bridgehead atoms. The van der Waals surface area contributed by atoms with E-state index in [0.29, 0.717) is 24.4 Å². The van der Waals surface area contributed by atoms with Gasteiger partial charge in [-0.2, -0.15) is 0 Å². The normalized spacial score (nSPS) is 23.4. The highest BCUT2D eigenvalue weighted by atomic mass is 16.5. The molecule has 1 saturated heterocycles. The Hall–Kier alpha value is -2.90. The molecule has 1 saturated carbocycles. The van der Waals surface area contributed by atoms with Crippen LogP contribution in [0.3, 0.4) is 0 Å². The lowest BCUT2D eigenvalue weighted by atomic mass is 9.76. The third kappa shape index (κ3) is 5.54. The number of carbonyl (C=O) groups is 2. The zero-order valence-corrected chi connectivity index (χ0v) is 19.3. The predicted octanol–water partition coefficient (Wildman–Crippen LogP) is 2.36. The van der Waals surface area contributed by atoms with Crippen molar-refractivity contribution in [2.45, 2.75) is 50.3 Å². The van der Waals surface area contributed by atoms with E-state index in [-0.39, 0.29) is 24.4 Å². The Labute approximate surface area is 195 Å². The largest absolute Gasteiger partial charge is 0.497 e. The van der Waals surface area contributed by atoms with Gasteiger partial charge in [0, 0.05) is 24.7 Å². The van der Waals surface area contributed by atoms with Gasteiger partial charge in [-0.15, -0.1) is 0 Å². The molecule has 7 heteroatoms. The highest BCUT2D eigenvalue weighted by Gasteiger charge is 2.40. The monoisotopic (exact) mass is 451 g/mol. The fourth-order valence-electron chi connectivity index (χ4n) is 4.88. The maximum absolute atomic E-state index is 12.2. The first kappa shape index (κ1) is 23.3. The van der Waals surface area contributed by atoms with Crippen molar-refractivity contribution in [1.29, 1.82) is 0 Å². The molecule has 2 aromatic rings. The zero-order valence-electron chi connectivity index (χ0n) is 19.3. The van der Waals surface area contributed by atoms with E-state index in [4.69, 9.17) is 4.74 Å². The Kier molecular flexibility index (Phi) is 7.00. The second-order valence-corrected chi connectivity index (χ2v) is 9.27. The number of hydrogen-bond acceptors (Lipinski definition) is 5. The maximum Gasteiger partial charge on any atom is 0.251 e. The van der Waals surface area contributed by atoms with Crippen molar-refractivity contribution >= 4 is 11.8 Å². The van der Waals surface area contributed by atoms with Gasteiger partial charge in [-0.05, 0) is 62.4 Å². The van der Waals surface area contributed by atoms with Crippen LogP contribution in [0.1, 0.15) is 47.2 Å². The summed E-state index contributed by atoms with van der Waals surface area (Å²) in [6.45, 7) is 3.51. The molecule has 0 spiro atoms. The molecule has 4 rings (SSSR count). The molecule has 0 radical (unpaired) electrons. The predicted molar refractivity (Wildman–Crippen MR) is 126 cm³/mol. The molecular weight excluding hydrogens is 418 g/mol. The second kappa shape index (κ2) is 9.93. The number of likely N-dealkylation sites (tertiary alicyclic amines) is 1. The highest BCUT2D eigenvalue weighted by Crippen LogP contribution is 2.40. The highest BCUT2D eigenvalue weighted by molar-refractivity contribution is 5.96. The minimum absolute atomic E-state index is 0.0275. The number of ether oxygens (including phenoxy) is 1. The summed E-state index contributed by atoms with van der Waals surface area (Å²) in [7, 11) is 1.64. The van der Waals surface area contributed by atoms with Crippen molar-refractivity contribution in [3.8, 4) is 5.75 Å². The molecule has 0 atom stereocenters. The Morgan fingerprint density at radius 2 is 1.85 bits per heavy atom. The van der Waals surface area contributed by atoms with Crippen LogP contribution in [0.25, 0.3) is 0 Å². The summed E-state index contributed by atoms with van der Waals surface area (Å²) in [5.74, 6) is 0.353. The van der Waals surface area contributed by atoms with Gasteiger partial charge in [-0.25, -0.2) is 0 Å². The van der Waals surface area contributed by atoms with Crippen LogP contribution in [0.2, 0.25) is 0 Å². The smallest absolute Gasteiger partial charge is 0.251 e. The number of aryl methyl sites for hydroxylation is 1. The Morgan fingerprint density at radius 3 is 2.55 bits per heavy atom. The average molecular weight is 452 g/mol. The van der Waals surface area contributed by atoms with Gasteiger partial charge in [0.1, 0.15) is 5.75 Å². The summed E-state index contributed by atoms with van der Waals surface area (Å²) in [4.78, 5) is 26.8. The van der Waals surface area contributed by atoms with Gasteiger partial charge >= 0.3 is 0 Å². The van der Waals surface area contributed by atoms with E-state index >= 15 is 0 Å². The van der Waals surface area contributed by atoms with Crippen LogP contribution in [0.4, 0.5) is 0 Å². The van der Waals surface area contributed by atoms with Crippen LogP contribution in [-0.4, -0.2) is 60.6 Å². The topological polar surface area (TPSA) is 90.9 Å². The summed E-state index contributed by atoms with van der Waals surface area (Å²) in [6, 6.07) is 15.5. The molecule has 1 aliphatic carbocycles. The third-order valence-electron chi connectivity index (χ3n) is 6.87. The van der Waals surface area contributed by atoms with Crippen LogP contribution in [-0.2, 0) is 10.4 Å². The summed E-state index contributed by atoms with van der Waals surface area (Å²) in [5.41, 5.74) is 1.68. The molecule has 2 amide bonds. The molecule has 176 valence electrons. The van der Waals surface area contributed by atoms with Gasteiger partial charge < -0.3 is 20.5 Å². The van der Waals surface area contributed by atoms with E-state index < -0.39 is 5.60 Å². The Balaban J connectivity index is 1.18. The molecule has 2 aliphatic rings. The molecular formula is C26H33N3O4. The molecule has 7 nitrogen and oxygen atoms in total. The molecule has 2 aromatic carbocycles. The standard InChI is InChI=1S/C26H33N3O4/c1-18-5-3-6-19(13-18)25(31)27-15-24(30)28-21-16-29(17-21)22-9-11-26(32,12-10-22)20-7-4-8-23(14-20)33-2/h3-8,13-14,21-22,32H,9-12,15-17H2,1-2H3,(H,27,31)(H,28,30)/t22-,26-. The maximum atomic E-state index is 12.2. The molecule has 33 heavy (non-hydrogen) atoms. The van der Waals surface area contributed by atoms with Crippen molar-refractivity contribution in [2.75, 3.05) is 26.7 Å². The summed E-state index contributed by atoms with van der Waals surface area (Å²) in [5, 5.41) is 16.8. The van der Waals surface area contributed by atoms with Crippen molar-refractivity contribution in [1.82, 2.24) is 15.5 Å². The quantitative estimate of drug-likeness (QED) is 0.601. The molecule has 1 aliphatic heterocycles.